The molecular formula is C17H16N6O3S. The summed E-state index contributed by atoms with van der Waals surface area (Å²) in [6, 6.07) is 10.5. The standard InChI is InChI=1S/C17H16N6O3S/c1-26-10-9-19-15-13-6-2-3-7-14(13)23-16(20-15)17(21-22-23)27(24,25)12-5-4-8-18-11-12/h2-8,11H,9-10H2,1H3,(H-,19,20,24,25). The second-order valence-electron chi connectivity index (χ2n) is 5.72. The Morgan fingerprint density at radius 1 is 1.26 bits per heavy atom. The van der Waals surface area contributed by atoms with Gasteiger partial charge in [-0.15, -0.1) is 0 Å². The van der Waals surface area contributed by atoms with Crippen LogP contribution in [-0.4, -0.2) is 49.6 Å². The number of benzene rings is 1. The van der Waals surface area contributed by atoms with Crippen LogP contribution in [0.4, 0.5) is 5.82 Å². The molecule has 4 aromatic rings. The Hall–Kier alpha value is -2.95. The molecule has 0 amide bonds. The monoisotopic (exact) mass is 384 g/mol. The highest BCUT2D eigenvalue weighted by molar-refractivity contribution is 7.97. The Morgan fingerprint density at radius 2 is 2.11 bits per heavy atom. The highest BCUT2D eigenvalue weighted by Crippen LogP contribution is 2.30. The van der Waals surface area contributed by atoms with Gasteiger partial charge in [-0.2, -0.15) is 4.52 Å². The first-order valence-corrected chi connectivity index (χ1v) is 9.63. The maximum Gasteiger partial charge on any atom is 0.318 e. The van der Waals surface area contributed by atoms with Gasteiger partial charge in [-0.1, -0.05) is 26.7 Å². The Labute approximate surface area is 155 Å². The van der Waals surface area contributed by atoms with Crippen molar-refractivity contribution in [2.75, 3.05) is 25.6 Å². The first-order valence-electron chi connectivity index (χ1n) is 8.15. The molecule has 0 radical (unpaired) electrons. The summed E-state index contributed by atoms with van der Waals surface area (Å²) in [4.78, 5) is 8.41. The van der Waals surface area contributed by atoms with Crippen molar-refractivity contribution < 1.29 is 13.5 Å². The largest absolute Gasteiger partial charge is 0.604 e. The number of rotatable bonds is 6. The Kier molecular flexibility index (Phi) is 4.52. The fourth-order valence-corrected chi connectivity index (χ4v) is 3.94. The van der Waals surface area contributed by atoms with Crippen LogP contribution in [0.1, 0.15) is 0 Å². The number of ether oxygens (including phenoxy) is 1. The SMILES string of the molecule is COCCNc1nc2c([S+](=O)([O-])c3cccnc3)nnn2c2ccccc12. The molecule has 0 aliphatic heterocycles. The molecule has 0 aliphatic carbocycles. The molecule has 0 spiro atoms. The number of fused-ring (bicyclic) bond motifs is 3. The van der Waals surface area contributed by atoms with Gasteiger partial charge in [-0.3, -0.25) is 4.98 Å². The van der Waals surface area contributed by atoms with E-state index in [0.717, 1.165) is 5.39 Å². The number of sulfone groups is 1. The number of anilines is 1. The van der Waals surface area contributed by atoms with Crippen LogP contribution in [0.25, 0.3) is 16.6 Å². The normalized spacial score (nSPS) is 13.7. The molecule has 1 aromatic carbocycles. The van der Waals surface area contributed by atoms with E-state index in [1.165, 1.54) is 23.0 Å². The highest BCUT2D eigenvalue weighted by atomic mass is 32.3. The molecule has 9 nitrogen and oxygen atoms in total. The van der Waals surface area contributed by atoms with Gasteiger partial charge in [0.15, 0.2) is 4.90 Å². The predicted octanol–water partition coefficient (Wildman–Crippen LogP) is 1.78. The molecule has 0 fully saturated rings. The molecule has 138 valence electrons. The average molecular weight is 384 g/mol. The molecule has 3 aromatic heterocycles. The first-order chi connectivity index (χ1) is 13.1. The third kappa shape index (κ3) is 3.03. The van der Waals surface area contributed by atoms with Crippen LogP contribution in [-0.2, 0) is 19.2 Å². The number of hydrogen-bond acceptors (Lipinski definition) is 8. The van der Waals surface area contributed by atoms with Crippen molar-refractivity contribution in [3.05, 3.63) is 48.8 Å². The van der Waals surface area contributed by atoms with E-state index in [-0.39, 0.29) is 15.6 Å². The van der Waals surface area contributed by atoms with Crippen LogP contribution in [0.2, 0.25) is 0 Å². The second-order valence-corrected chi connectivity index (χ2v) is 7.58. The minimum Gasteiger partial charge on any atom is -0.604 e. The topological polar surface area (TPSA) is 117 Å². The minimum absolute atomic E-state index is 0.0382. The average Bonchev–Trinajstić information content (AvgIpc) is 3.14. The summed E-state index contributed by atoms with van der Waals surface area (Å²) in [5.41, 5.74) is 0.847. The maximum absolute atomic E-state index is 13.0. The number of para-hydroxylation sites is 1. The Morgan fingerprint density at radius 3 is 2.89 bits per heavy atom. The summed E-state index contributed by atoms with van der Waals surface area (Å²) in [7, 11) is -2.30. The van der Waals surface area contributed by atoms with E-state index in [9.17, 15) is 8.76 Å². The van der Waals surface area contributed by atoms with E-state index in [4.69, 9.17) is 4.74 Å². The van der Waals surface area contributed by atoms with Crippen molar-refractivity contribution in [1.29, 1.82) is 0 Å². The molecular weight excluding hydrogens is 368 g/mol. The lowest BCUT2D eigenvalue weighted by molar-refractivity contribution is 0.210. The second kappa shape index (κ2) is 6.99. The van der Waals surface area contributed by atoms with Crippen LogP contribution < -0.4 is 5.32 Å². The fourth-order valence-electron chi connectivity index (χ4n) is 2.74. The quantitative estimate of drug-likeness (QED) is 0.395. The van der Waals surface area contributed by atoms with Gasteiger partial charge in [0.1, 0.15) is 16.0 Å². The maximum atomic E-state index is 13.0. The molecule has 1 unspecified atom stereocenters. The lowest BCUT2D eigenvalue weighted by Crippen LogP contribution is -2.14. The van der Waals surface area contributed by atoms with Crippen molar-refractivity contribution in [2.24, 2.45) is 0 Å². The van der Waals surface area contributed by atoms with Gasteiger partial charge in [0, 0.05) is 25.2 Å². The van der Waals surface area contributed by atoms with Crippen molar-refractivity contribution in [3.63, 3.8) is 0 Å². The van der Waals surface area contributed by atoms with Gasteiger partial charge in [0.05, 0.1) is 18.3 Å². The number of pyridine rings is 1. The zero-order chi connectivity index (χ0) is 18.9. The van der Waals surface area contributed by atoms with Gasteiger partial charge < -0.3 is 14.6 Å². The number of methoxy groups -OCH3 is 1. The van der Waals surface area contributed by atoms with E-state index < -0.39 is 10.2 Å². The van der Waals surface area contributed by atoms with Gasteiger partial charge in [-0.25, -0.2) is 4.98 Å². The highest BCUT2D eigenvalue weighted by Gasteiger charge is 2.32. The molecule has 27 heavy (non-hydrogen) atoms. The minimum atomic E-state index is -3.90. The zero-order valence-electron chi connectivity index (χ0n) is 14.4. The zero-order valence-corrected chi connectivity index (χ0v) is 15.2. The lowest BCUT2D eigenvalue weighted by Gasteiger charge is -2.12. The van der Waals surface area contributed by atoms with Gasteiger partial charge in [0.25, 0.3) is 0 Å². The number of aromatic nitrogens is 5. The lowest BCUT2D eigenvalue weighted by atomic mass is 10.2. The molecule has 0 bridgehead atoms. The predicted molar refractivity (Wildman–Crippen MR) is 98.3 cm³/mol. The van der Waals surface area contributed by atoms with E-state index in [2.05, 4.69) is 25.6 Å². The van der Waals surface area contributed by atoms with E-state index >= 15 is 0 Å². The van der Waals surface area contributed by atoms with Crippen LogP contribution in [0.5, 0.6) is 0 Å². The molecule has 1 atom stereocenters. The molecule has 1 N–H and O–H groups in total. The van der Waals surface area contributed by atoms with Crippen molar-refractivity contribution in [3.8, 4) is 0 Å². The molecule has 0 aliphatic rings. The van der Waals surface area contributed by atoms with Gasteiger partial charge in [-0.05, 0) is 24.3 Å². The van der Waals surface area contributed by atoms with Crippen LogP contribution in [0.3, 0.4) is 0 Å². The van der Waals surface area contributed by atoms with Crippen molar-refractivity contribution >= 4 is 32.6 Å². The summed E-state index contributed by atoms with van der Waals surface area (Å²) in [5.74, 6) is 0.542. The summed E-state index contributed by atoms with van der Waals surface area (Å²) >= 11 is 0. The van der Waals surface area contributed by atoms with E-state index in [1.807, 2.05) is 24.3 Å². The summed E-state index contributed by atoms with van der Waals surface area (Å²) in [6.07, 6.45) is 2.78. The molecule has 3 heterocycles. The molecule has 10 heteroatoms. The molecule has 0 saturated heterocycles. The fraction of sp³-hybridized carbons (Fsp3) is 0.176. The van der Waals surface area contributed by atoms with Crippen LogP contribution in [0.15, 0.2) is 58.7 Å². The summed E-state index contributed by atoms with van der Waals surface area (Å²) < 4.78 is 32.5. The Balaban J connectivity index is 1.93. The molecule has 4 rings (SSSR count). The summed E-state index contributed by atoms with van der Waals surface area (Å²) in [6.45, 7) is 1.01. The van der Waals surface area contributed by atoms with Crippen LogP contribution in [0, 0.1) is 0 Å². The smallest absolute Gasteiger partial charge is 0.318 e. The third-order valence-corrected chi connectivity index (χ3v) is 5.66. The van der Waals surface area contributed by atoms with Gasteiger partial charge in [0.2, 0.25) is 5.65 Å². The van der Waals surface area contributed by atoms with Gasteiger partial charge >= 0.3 is 5.03 Å². The van der Waals surface area contributed by atoms with E-state index in [1.54, 1.807) is 13.2 Å². The number of hydrogen-bond donors (Lipinski definition) is 1. The third-order valence-electron chi connectivity index (χ3n) is 4.02. The van der Waals surface area contributed by atoms with Crippen LogP contribution >= 0.6 is 0 Å². The van der Waals surface area contributed by atoms with Crippen molar-refractivity contribution in [2.45, 2.75) is 9.92 Å². The molecule has 0 saturated carbocycles. The number of nitrogens with zero attached hydrogens (tertiary/aromatic N) is 5. The van der Waals surface area contributed by atoms with Crippen molar-refractivity contribution in [1.82, 2.24) is 24.8 Å². The number of nitrogens with one attached hydrogen (secondary N) is 1. The Bertz CT molecular complexity index is 1150. The van der Waals surface area contributed by atoms with E-state index in [0.29, 0.717) is 24.5 Å². The summed E-state index contributed by atoms with van der Waals surface area (Å²) in [5, 5.41) is 11.7. The first kappa shape index (κ1) is 17.5.